The van der Waals surface area contributed by atoms with Gasteiger partial charge in [0.15, 0.2) is 0 Å². The molecule has 90 valence electrons. The monoisotopic (exact) mass is 268 g/mol. The van der Waals surface area contributed by atoms with Gasteiger partial charge in [-0.25, -0.2) is 9.97 Å². The molecular formula is C11H13ClN4S. The van der Waals surface area contributed by atoms with Gasteiger partial charge in [-0.3, -0.25) is 4.98 Å². The highest BCUT2D eigenvalue weighted by Gasteiger charge is 2.13. The van der Waals surface area contributed by atoms with Gasteiger partial charge in [0.05, 0.1) is 12.1 Å². The minimum Gasteiger partial charge on any atom is -0.365 e. The van der Waals surface area contributed by atoms with E-state index in [9.17, 15) is 0 Å². The highest BCUT2D eigenvalue weighted by molar-refractivity contribution is 7.09. The predicted octanol–water partition coefficient (Wildman–Crippen LogP) is 3.32. The fraction of sp³-hybridized carbons (Fsp3) is 0.364. The van der Waals surface area contributed by atoms with Gasteiger partial charge in [-0.2, -0.15) is 0 Å². The molecule has 2 aromatic heterocycles. The van der Waals surface area contributed by atoms with E-state index in [4.69, 9.17) is 11.6 Å². The lowest BCUT2D eigenvalue weighted by molar-refractivity contribution is 0.845. The van der Waals surface area contributed by atoms with Gasteiger partial charge in [0.1, 0.15) is 17.3 Å². The highest BCUT2D eigenvalue weighted by Crippen LogP contribution is 2.28. The van der Waals surface area contributed by atoms with E-state index >= 15 is 0 Å². The van der Waals surface area contributed by atoms with E-state index in [1.807, 2.05) is 11.7 Å². The van der Waals surface area contributed by atoms with Crippen molar-refractivity contribution >= 4 is 28.8 Å². The molecule has 6 heteroatoms. The first-order valence-electron chi connectivity index (χ1n) is 5.30. The smallest absolute Gasteiger partial charge is 0.138 e. The molecule has 0 aromatic carbocycles. The standard InChI is InChI=1S/C11H13ClN4S/c1-7(2)9-10(12)15-5-16-11(9)14-4-8-3-13-6-17-8/h3,5-7H,4H2,1-2H3,(H,14,15,16). The van der Waals surface area contributed by atoms with Gasteiger partial charge in [0.25, 0.3) is 0 Å². The highest BCUT2D eigenvalue weighted by atomic mass is 35.5. The zero-order valence-electron chi connectivity index (χ0n) is 9.64. The third-order valence-corrected chi connectivity index (χ3v) is 3.41. The van der Waals surface area contributed by atoms with Crippen LogP contribution in [0.3, 0.4) is 0 Å². The molecule has 0 aliphatic heterocycles. The van der Waals surface area contributed by atoms with Crippen LogP contribution in [0.2, 0.25) is 5.15 Å². The van der Waals surface area contributed by atoms with Crippen molar-refractivity contribution in [2.75, 3.05) is 5.32 Å². The van der Waals surface area contributed by atoms with Crippen LogP contribution in [0.1, 0.15) is 30.2 Å². The average Bonchev–Trinajstić information content (AvgIpc) is 2.78. The van der Waals surface area contributed by atoms with Crippen LogP contribution in [0, 0.1) is 0 Å². The molecule has 0 amide bonds. The molecule has 2 aromatic rings. The van der Waals surface area contributed by atoms with Gasteiger partial charge < -0.3 is 5.32 Å². The number of halogens is 1. The fourth-order valence-electron chi connectivity index (χ4n) is 1.53. The number of hydrogen-bond acceptors (Lipinski definition) is 5. The van der Waals surface area contributed by atoms with Crippen molar-refractivity contribution in [3.8, 4) is 0 Å². The summed E-state index contributed by atoms with van der Waals surface area (Å²) in [6.07, 6.45) is 3.32. The normalized spacial score (nSPS) is 10.8. The largest absolute Gasteiger partial charge is 0.365 e. The molecule has 0 saturated carbocycles. The summed E-state index contributed by atoms with van der Waals surface area (Å²) < 4.78 is 0. The molecule has 0 radical (unpaired) electrons. The maximum atomic E-state index is 6.08. The van der Waals surface area contributed by atoms with Crippen LogP contribution >= 0.6 is 22.9 Å². The fourth-order valence-corrected chi connectivity index (χ4v) is 2.41. The van der Waals surface area contributed by atoms with Crippen LogP contribution in [-0.4, -0.2) is 15.0 Å². The van der Waals surface area contributed by atoms with Gasteiger partial charge in [-0.05, 0) is 5.92 Å². The molecular weight excluding hydrogens is 256 g/mol. The lowest BCUT2D eigenvalue weighted by Crippen LogP contribution is -2.06. The SMILES string of the molecule is CC(C)c1c(Cl)ncnc1NCc1cncs1. The first-order chi connectivity index (χ1) is 8.18. The minimum atomic E-state index is 0.285. The molecule has 17 heavy (non-hydrogen) atoms. The van der Waals surface area contributed by atoms with Crippen molar-refractivity contribution in [3.05, 3.63) is 33.6 Å². The second-order valence-electron chi connectivity index (χ2n) is 3.90. The van der Waals surface area contributed by atoms with Crippen LogP contribution in [0.5, 0.6) is 0 Å². The topological polar surface area (TPSA) is 50.7 Å². The summed E-state index contributed by atoms with van der Waals surface area (Å²) in [5.74, 6) is 1.08. The number of thiazole rings is 1. The predicted molar refractivity (Wildman–Crippen MR) is 70.6 cm³/mol. The minimum absolute atomic E-state index is 0.285. The molecule has 1 N–H and O–H groups in total. The van der Waals surface area contributed by atoms with E-state index in [-0.39, 0.29) is 5.92 Å². The third kappa shape index (κ3) is 2.92. The summed E-state index contributed by atoms with van der Waals surface area (Å²) in [6.45, 7) is 4.85. The molecule has 0 bridgehead atoms. The Morgan fingerprint density at radius 1 is 1.41 bits per heavy atom. The van der Waals surface area contributed by atoms with Gasteiger partial charge >= 0.3 is 0 Å². The number of nitrogens with one attached hydrogen (secondary N) is 1. The van der Waals surface area contributed by atoms with Crippen LogP contribution in [0.4, 0.5) is 5.82 Å². The number of rotatable bonds is 4. The number of anilines is 1. The summed E-state index contributed by atoms with van der Waals surface area (Å²) in [6, 6.07) is 0. The van der Waals surface area contributed by atoms with Crippen molar-refractivity contribution < 1.29 is 0 Å². The lowest BCUT2D eigenvalue weighted by Gasteiger charge is -2.13. The molecule has 0 fully saturated rings. The Hall–Kier alpha value is -1.20. The Balaban J connectivity index is 2.18. The maximum absolute atomic E-state index is 6.08. The van der Waals surface area contributed by atoms with Gasteiger partial charge in [0, 0.05) is 16.6 Å². The molecule has 0 atom stereocenters. The summed E-state index contributed by atoms with van der Waals surface area (Å²) >= 11 is 7.69. The Bertz CT molecular complexity index is 484. The van der Waals surface area contributed by atoms with Crippen LogP contribution in [0.25, 0.3) is 0 Å². The van der Waals surface area contributed by atoms with E-state index in [1.54, 1.807) is 11.3 Å². The molecule has 0 saturated heterocycles. The molecule has 0 aliphatic carbocycles. The Morgan fingerprint density at radius 2 is 2.24 bits per heavy atom. The average molecular weight is 269 g/mol. The first-order valence-corrected chi connectivity index (χ1v) is 6.56. The van der Waals surface area contributed by atoms with Crippen molar-refractivity contribution in [3.63, 3.8) is 0 Å². The molecule has 4 nitrogen and oxygen atoms in total. The summed E-state index contributed by atoms with van der Waals surface area (Å²) in [5.41, 5.74) is 2.77. The lowest BCUT2D eigenvalue weighted by atomic mass is 10.1. The van der Waals surface area contributed by atoms with E-state index < -0.39 is 0 Å². The number of nitrogens with zero attached hydrogens (tertiary/aromatic N) is 3. The number of aromatic nitrogens is 3. The first kappa shape index (κ1) is 12.3. The number of hydrogen-bond donors (Lipinski definition) is 1. The molecule has 0 aliphatic rings. The van der Waals surface area contributed by atoms with Gasteiger partial charge in [0.2, 0.25) is 0 Å². The van der Waals surface area contributed by atoms with Crippen LogP contribution in [-0.2, 0) is 6.54 Å². The van der Waals surface area contributed by atoms with E-state index in [0.717, 1.165) is 16.3 Å². The van der Waals surface area contributed by atoms with E-state index in [2.05, 4.69) is 34.1 Å². The molecule has 0 unspecified atom stereocenters. The van der Waals surface area contributed by atoms with Crippen molar-refractivity contribution in [1.29, 1.82) is 0 Å². The van der Waals surface area contributed by atoms with Crippen LogP contribution in [0.15, 0.2) is 18.0 Å². The van der Waals surface area contributed by atoms with Crippen molar-refractivity contribution in [2.45, 2.75) is 26.3 Å². The Labute approximate surface area is 109 Å². The summed E-state index contributed by atoms with van der Waals surface area (Å²) in [5, 5.41) is 3.79. The zero-order chi connectivity index (χ0) is 12.3. The van der Waals surface area contributed by atoms with E-state index in [0.29, 0.717) is 11.7 Å². The second-order valence-corrected chi connectivity index (χ2v) is 5.23. The summed E-state index contributed by atoms with van der Waals surface area (Å²) in [7, 11) is 0. The molecule has 2 rings (SSSR count). The van der Waals surface area contributed by atoms with Gasteiger partial charge in [-0.1, -0.05) is 25.4 Å². The maximum Gasteiger partial charge on any atom is 0.138 e. The molecule has 0 spiro atoms. The Kier molecular flexibility index (Phi) is 3.91. The van der Waals surface area contributed by atoms with Gasteiger partial charge in [-0.15, -0.1) is 11.3 Å². The zero-order valence-corrected chi connectivity index (χ0v) is 11.2. The van der Waals surface area contributed by atoms with Crippen molar-refractivity contribution in [2.24, 2.45) is 0 Å². The third-order valence-electron chi connectivity index (χ3n) is 2.33. The van der Waals surface area contributed by atoms with E-state index in [1.165, 1.54) is 6.33 Å². The van der Waals surface area contributed by atoms with Crippen molar-refractivity contribution in [1.82, 2.24) is 15.0 Å². The molecule has 2 heterocycles. The second kappa shape index (κ2) is 5.42. The Morgan fingerprint density at radius 3 is 2.88 bits per heavy atom. The quantitative estimate of drug-likeness (QED) is 0.865. The van der Waals surface area contributed by atoms with Crippen LogP contribution < -0.4 is 5.32 Å². The summed E-state index contributed by atoms with van der Waals surface area (Å²) in [4.78, 5) is 13.4.